The average molecular weight is 175 g/mol. The minimum Gasteiger partial charge on any atom is -0.347 e. The lowest BCUT2D eigenvalue weighted by Gasteiger charge is -2.11. The van der Waals surface area contributed by atoms with Crippen molar-refractivity contribution in [2.45, 2.75) is 26.7 Å². The number of rotatable bonds is 5. The van der Waals surface area contributed by atoms with E-state index in [2.05, 4.69) is 5.32 Å². The van der Waals surface area contributed by atoms with Crippen LogP contribution in [0.25, 0.3) is 0 Å². The lowest BCUT2D eigenvalue weighted by molar-refractivity contribution is -0.124. The van der Waals surface area contributed by atoms with Crippen LogP contribution >= 0.6 is 11.8 Å². The van der Waals surface area contributed by atoms with Crippen molar-refractivity contribution in [2.24, 2.45) is 5.92 Å². The van der Waals surface area contributed by atoms with Crippen molar-refractivity contribution in [2.75, 3.05) is 12.1 Å². The summed E-state index contributed by atoms with van der Waals surface area (Å²) < 4.78 is 0. The minimum absolute atomic E-state index is 0.198. The van der Waals surface area contributed by atoms with Crippen molar-refractivity contribution in [3.05, 3.63) is 0 Å². The molecule has 0 bridgehead atoms. The summed E-state index contributed by atoms with van der Waals surface area (Å²) in [6.07, 6.45) is 3.86. The zero-order valence-corrected chi connectivity index (χ0v) is 8.33. The van der Waals surface area contributed by atoms with E-state index < -0.39 is 0 Å². The first-order valence-corrected chi connectivity index (χ1v) is 5.42. The fourth-order valence-corrected chi connectivity index (χ4v) is 1.23. The molecule has 0 aromatic rings. The Bertz CT molecular complexity index is 113. The van der Waals surface area contributed by atoms with Crippen molar-refractivity contribution in [3.63, 3.8) is 0 Å². The number of hydrogen-bond acceptors (Lipinski definition) is 2. The second kappa shape index (κ2) is 6.53. The predicted octanol–water partition coefficient (Wildman–Crippen LogP) is 1.86. The van der Waals surface area contributed by atoms with Gasteiger partial charge in [0.15, 0.2) is 0 Å². The van der Waals surface area contributed by atoms with E-state index in [1.165, 1.54) is 0 Å². The Morgan fingerprint density at radius 1 is 1.45 bits per heavy atom. The van der Waals surface area contributed by atoms with Crippen LogP contribution in [0.3, 0.4) is 0 Å². The smallest absolute Gasteiger partial charge is 0.223 e. The summed E-state index contributed by atoms with van der Waals surface area (Å²) in [4.78, 5) is 11.2. The molecule has 66 valence electrons. The highest BCUT2D eigenvalue weighted by molar-refractivity contribution is 7.98. The molecule has 0 aromatic heterocycles. The topological polar surface area (TPSA) is 29.1 Å². The Morgan fingerprint density at radius 3 is 2.36 bits per heavy atom. The Labute approximate surface area is 73.1 Å². The van der Waals surface area contributed by atoms with Gasteiger partial charge in [0.05, 0.1) is 5.88 Å². The van der Waals surface area contributed by atoms with Crippen LogP contribution in [-0.4, -0.2) is 18.0 Å². The van der Waals surface area contributed by atoms with Crippen molar-refractivity contribution in [3.8, 4) is 0 Å². The predicted molar refractivity (Wildman–Crippen MR) is 50.6 cm³/mol. The Morgan fingerprint density at radius 2 is 2.00 bits per heavy atom. The summed E-state index contributed by atoms with van der Waals surface area (Å²) in [5.41, 5.74) is 0. The molecule has 0 heterocycles. The van der Waals surface area contributed by atoms with Crippen molar-refractivity contribution in [1.29, 1.82) is 0 Å². The van der Waals surface area contributed by atoms with E-state index >= 15 is 0 Å². The summed E-state index contributed by atoms with van der Waals surface area (Å²) in [6, 6.07) is 0. The van der Waals surface area contributed by atoms with Gasteiger partial charge in [-0.2, -0.15) is 0 Å². The Balaban J connectivity index is 3.61. The highest BCUT2D eigenvalue weighted by atomic mass is 32.2. The van der Waals surface area contributed by atoms with E-state index in [0.717, 1.165) is 18.7 Å². The normalized spacial score (nSPS) is 10.2. The maximum atomic E-state index is 11.2. The third kappa shape index (κ3) is 4.30. The van der Waals surface area contributed by atoms with Gasteiger partial charge in [0.2, 0.25) is 5.91 Å². The van der Waals surface area contributed by atoms with Gasteiger partial charge < -0.3 is 5.32 Å². The molecule has 0 aliphatic carbocycles. The number of carbonyl (C=O) groups excluding carboxylic acids is 1. The van der Waals surface area contributed by atoms with Crippen molar-refractivity contribution < 1.29 is 4.79 Å². The van der Waals surface area contributed by atoms with Crippen molar-refractivity contribution >= 4 is 17.7 Å². The highest BCUT2D eigenvalue weighted by Gasteiger charge is 2.12. The molecule has 11 heavy (non-hydrogen) atoms. The summed E-state index contributed by atoms with van der Waals surface area (Å²) in [5, 5.41) is 2.86. The van der Waals surface area contributed by atoms with Gasteiger partial charge in [0, 0.05) is 5.92 Å². The van der Waals surface area contributed by atoms with Gasteiger partial charge in [0.1, 0.15) is 0 Å². The molecule has 0 spiro atoms. The number of carbonyl (C=O) groups is 1. The molecule has 0 rings (SSSR count). The molecular weight excluding hydrogens is 158 g/mol. The molecule has 1 amide bonds. The fraction of sp³-hybridized carbons (Fsp3) is 0.875. The second-order valence-corrected chi connectivity index (χ2v) is 3.35. The maximum Gasteiger partial charge on any atom is 0.223 e. The first-order valence-electron chi connectivity index (χ1n) is 4.02. The van der Waals surface area contributed by atoms with Crippen LogP contribution in [0.15, 0.2) is 0 Å². The van der Waals surface area contributed by atoms with Gasteiger partial charge in [-0.3, -0.25) is 4.79 Å². The van der Waals surface area contributed by atoms with Gasteiger partial charge in [0.25, 0.3) is 0 Å². The molecule has 0 fully saturated rings. The molecule has 0 aliphatic heterocycles. The van der Waals surface area contributed by atoms with E-state index in [4.69, 9.17) is 0 Å². The van der Waals surface area contributed by atoms with E-state index in [1.807, 2.05) is 20.1 Å². The van der Waals surface area contributed by atoms with Gasteiger partial charge in [-0.05, 0) is 19.1 Å². The Hall–Kier alpha value is -0.180. The largest absolute Gasteiger partial charge is 0.347 e. The van der Waals surface area contributed by atoms with E-state index in [-0.39, 0.29) is 11.8 Å². The van der Waals surface area contributed by atoms with Crippen LogP contribution in [0.1, 0.15) is 26.7 Å². The lowest BCUT2D eigenvalue weighted by atomic mass is 10.0. The third-order valence-electron chi connectivity index (χ3n) is 1.75. The first kappa shape index (κ1) is 10.8. The molecule has 3 heteroatoms. The summed E-state index contributed by atoms with van der Waals surface area (Å²) in [6.45, 7) is 4.10. The van der Waals surface area contributed by atoms with E-state index in [0.29, 0.717) is 0 Å². The quantitative estimate of drug-likeness (QED) is 0.646. The van der Waals surface area contributed by atoms with Gasteiger partial charge in [-0.15, -0.1) is 11.8 Å². The molecule has 1 N–H and O–H groups in total. The highest BCUT2D eigenvalue weighted by Crippen LogP contribution is 2.06. The molecule has 0 aliphatic rings. The molecular formula is C8H17NOS. The zero-order chi connectivity index (χ0) is 8.69. The molecule has 0 saturated carbocycles. The number of nitrogens with one attached hydrogen (secondary N) is 1. The fourth-order valence-electron chi connectivity index (χ4n) is 0.947. The standard InChI is InChI=1S/C8H17NOS/c1-4-7(5-2)8(10)9-6-11-3/h7H,4-6H2,1-3H3,(H,9,10). The van der Waals surface area contributed by atoms with E-state index in [9.17, 15) is 4.79 Å². The lowest BCUT2D eigenvalue weighted by Crippen LogP contribution is -2.29. The first-order chi connectivity index (χ1) is 5.26. The molecule has 2 nitrogen and oxygen atoms in total. The molecule has 0 saturated heterocycles. The SMILES string of the molecule is CCC(CC)C(=O)NCSC. The van der Waals surface area contributed by atoms with Crippen LogP contribution in [0.4, 0.5) is 0 Å². The number of amides is 1. The van der Waals surface area contributed by atoms with Crippen LogP contribution in [0.5, 0.6) is 0 Å². The summed E-state index contributed by atoms with van der Waals surface area (Å²) in [5.74, 6) is 1.14. The molecule has 0 atom stereocenters. The third-order valence-corrected chi connectivity index (χ3v) is 2.18. The molecule has 0 unspecified atom stereocenters. The summed E-state index contributed by atoms with van der Waals surface area (Å²) in [7, 11) is 0. The van der Waals surface area contributed by atoms with Gasteiger partial charge in [-0.25, -0.2) is 0 Å². The van der Waals surface area contributed by atoms with Gasteiger partial charge in [-0.1, -0.05) is 13.8 Å². The monoisotopic (exact) mass is 175 g/mol. The summed E-state index contributed by atoms with van der Waals surface area (Å²) >= 11 is 1.64. The van der Waals surface area contributed by atoms with Crippen LogP contribution in [0, 0.1) is 5.92 Å². The van der Waals surface area contributed by atoms with Gasteiger partial charge >= 0.3 is 0 Å². The van der Waals surface area contributed by atoms with Crippen LogP contribution in [-0.2, 0) is 4.79 Å². The molecule has 0 aromatic carbocycles. The maximum absolute atomic E-state index is 11.2. The second-order valence-electron chi connectivity index (χ2n) is 2.49. The van der Waals surface area contributed by atoms with E-state index in [1.54, 1.807) is 11.8 Å². The molecule has 0 radical (unpaired) electrons. The zero-order valence-electron chi connectivity index (χ0n) is 7.52. The minimum atomic E-state index is 0.198. The average Bonchev–Trinajstić information content (AvgIpc) is 2.03. The van der Waals surface area contributed by atoms with Crippen LogP contribution < -0.4 is 5.32 Å². The Kier molecular flexibility index (Phi) is 6.42. The number of hydrogen-bond donors (Lipinski definition) is 1. The number of thioether (sulfide) groups is 1. The van der Waals surface area contributed by atoms with Crippen molar-refractivity contribution in [1.82, 2.24) is 5.32 Å². The van der Waals surface area contributed by atoms with Crippen LogP contribution in [0.2, 0.25) is 0 Å².